The highest BCUT2D eigenvalue weighted by Gasteiger charge is 1.93. The van der Waals surface area contributed by atoms with E-state index in [9.17, 15) is 0 Å². The van der Waals surface area contributed by atoms with E-state index in [1.807, 2.05) is 0 Å². The summed E-state index contributed by atoms with van der Waals surface area (Å²) < 4.78 is 26.0. The van der Waals surface area contributed by atoms with Gasteiger partial charge in [-0.3, -0.25) is 0 Å². The van der Waals surface area contributed by atoms with Crippen molar-refractivity contribution in [1.82, 2.24) is 0 Å². The molecule has 0 aliphatic rings. The van der Waals surface area contributed by atoms with Crippen LogP contribution in [0.3, 0.4) is 0 Å². The van der Waals surface area contributed by atoms with Gasteiger partial charge in [-0.25, -0.2) is 0 Å². The van der Waals surface area contributed by atoms with Gasteiger partial charge in [-0.2, -0.15) is 0 Å². The van der Waals surface area contributed by atoms with Gasteiger partial charge < -0.3 is 23.7 Å². The number of hydrogen-bond donors (Lipinski definition) is 0. The Kier molecular flexibility index (Phi) is 17.6. The average molecular weight is 278 g/mol. The van der Waals surface area contributed by atoms with Crippen molar-refractivity contribution >= 4 is 0 Å². The Hall–Kier alpha value is -0.200. The molecule has 0 spiro atoms. The number of hydrogen-bond acceptors (Lipinski definition) is 5. The fourth-order valence-corrected chi connectivity index (χ4v) is 1.41. The minimum absolute atomic E-state index is 0.670. The smallest absolute Gasteiger partial charge is 0.0700 e. The van der Waals surface area contributed by atoms with E-state index in [1.165, 1.54) is 0 Å². The molecule has 0 fully saturated rings. The maximum atomic E-state index is 5.53. The lowest BCUT2D eigenvalue weighted by molar-refractivity contribution is 0.0570. The van der Waals surface area contributed by atoms with E-state index < -0.39 is 0 Å². The lowest BCUT2D eigenvalue weighted by Gasteiger charge is -2.06. The fraction of sp³-hybridized carbons (Fsp3) is 1.00. The summed E-state index contributed by atoms with van der Waals surface area (Å²) in [6.45, 7) is 5.92. The van der Waals surface area contributed by atoms with Crippen LogP contribution in [0.5, 0.6) is 0 Å². The van der Waals surface area contributed by atoms with Crippen LogP contribution in [0.2, 0.25) is 0 Å². The van der Waals surface area contributed by atoms with Crippen LogP contribution >= 0.6 is 0 Å². The van der Waals surface area contributed by atoms with Crippen LogP contribution < -0.4 is 0 Å². The second-order valence-electron chi connectivity index (χ2n) is 4.24. The van der Waals surface area contributed by atoms with E-state index in [2.05, 4.69) is 0 Å². The quantitative estimate of drug-likeness (QED) is 0.403. The van der Waals surface area contributed by atoms with Gasteiger partial charge in [-0.15, -0.1) is 0 Å². The molecule has 0 bridgehead atoms. The van der Waals surface area contributed by atoms with Crippen LogP contribution in [0.25, 0.3) is 0 Å². The third-order valence-corrected chi connectivity index (χ3v) is 2.52. The Morgan fingerprint density at radius 3 is 1.05 bits per heavy atom. The number of ether oxygens (including phenoxy) is 5. The molecule has 0 heterocycles. The summed E-state index contributed by atoms with van der Waals surface area (Å²) in [7, 11) is 3.36. The molecule has 5 nitrogen and oxygen atoms in total. The second-order valence-corrected chi connectivity index (χ2v) is 4.24. The zero-order valence-electron chi connectivity index (χ0n) is 12.5. The molecular formula is C14H30O5. The Morgan fingerprint density at radius 1 is 0.421 bits per heavy atom. The van der Waals surface area contributed by atoms with Gasteiger partial charge in [0.05, 0.1) is 26.4 Å². The molecule has 0 rings (SSSR count). The van der Waals surface area contributed by atoms with E-state index in [0.29, 0.717) is 26.4 Å². The summed E-state index contributed by atoms with van der Waals surface area (Å²) in [5.41, 5.74) is 0. The van der Waals surface area contributed by atoms with Gasteiger partial charge in [0.2, 0.25) is 0 Å². The molecule has 5 heteroatoms. The number of unbranched alkanes of at least 4 members (excludes halogenated alkanes) is 2. The average Bonchev–Trinajstić information content (AvgIpc) is 2.43. The van der Waals surface area contributed by atoms with Crippen molar-refractivity contribution in [2.24, 2.45) is 0 Å². The molecule has 0 saturated heterocycles. The third kappa shape index (κ3) is 17.8. The first-order valence-electron chi connectivity index (χ1n) is 7.13. The third-order valence-electron chi connectivity index (χ3n) is 2.52. The SMILES string of the molecule is COCCOCCCCOCCCCOCCOC. The fourth-order valence-electron chi connectivity index (χ4n) is 1.41. The van der Waals surface area contributed by atoms with Crippen LogP contribution in [-0.2, 0) is 23.7 Å². The highest BCUT2D eigenvalue weighted by Crippen LogP contribution is 1.95. The lowest BCUT2D eigenvalue weighted by atomic mass is 10.3. The molecule has 0 aromatic heterocycles. The monoisotopic (exact) mass is 278 g/mol. The molecule has 0 radical (unpaired) electrons. The Bertz CT molecular complexity index is 139. The maximum Gasteiger partial charge on any atom is 0.0700 e. The van der Waals surface area contributed by atoms with Crippen LogP contribution in [0.15, 0.2) is 0 Å². The van der Waals surface area contributed by atoms with Gasteiger partial charge in [0.1, 0.15) is 0 Å². The van der Waals surface area contributed by atoms with Crippen LogP contribution in [0.1, 0.15) is 25.7 Å². The largest absolute Gasteiger partial charge is 0.382 e. The van der Waals surface area contributed by atoms with E-state index in [4.69, 9.17) is 23.7 Å². The van der Waals surface area contributed by atoms with Crippen molar-refractivity contribution in [3.63, 3.8) is 0 Å². The Labute approximate surface area is 117 Å². The van der Waals surface area contributed by atoms with Gasteiger partial charge in [-0.1, -0.05) is 0 Å². The van der Waals surface area contributed by atoms with Crippen molar-refractivity contribution in [3.8, 4) is 0 Å². The second kappa shape index (κ2) is 17.8. The number of rotatable bonds is 16. The molecule has 116 valence electrons. The van der Waals surface area contributed by atoms with E-state index in [1.54, 1.807) is 14.2 Å². The molecule has 0 saturated carbocycles. The predicted octanol–water partition coefficient (Wildman–Crippen LogP) is 1.89. The topological polar surface area (TPSA) is 46.2 Å². The van der Waals surface area contributed by atoms with Crippen molar-refractivity contribution < 1.29 is 23.7 Å². The molecule has 0 atom stereocenters. The first-order valence-corrected chi connectivity index (χ1v) is 7.13. The lowest BCUT2D eigenvalue weighted by Crippen LogP contribution is -2.05. The van der Waals surface area contributed by atoms with Gasteiger partial charge in [0.25, 0.3) is 0 Å². The van der Waals surface area contributed by atoms with Gasteiger partial charge in [-0.05, 0) is 25.7 Å². The first kappa shape index (κ1) is 18.8. The molecule has 0 unspecified atom stereocenters. The normalized spacial score (nSPS) is 11.1. The van der Waals surface area contributed by atoms with E-state index in [-0.39, 0.29) is 0 Å². The first-order chi connectivity index (χ1) is 9.41. The Morgan fingerprint density at radius 2 is 0.737 bits per heavy atom. The molecule has 0 aromatic carbocycles. The Balaban J connectivity index is 2.88. The highest BCUT2D eigenvalue weighted by atomic mass is 16.5. The minimum atomic E-state index is 0.670. The summed E-state index contributed by atoms with van der Waals surface area (Å²) in [5, 5.41) is 0. The van der Waals surface area contributed by atoms with Crippen LogP contribution in [0, 0.1) is 0 Å². The number of methoxy groups -OCH3 is 2. The zero-order chi connectivity index (χ0) is 14.0. The zero-order valence-corrected chi connectivity index (χ0v) is 12.5. The summed E-state index contributed by atoms with van der Waals surface area (Å²) in [6.07, 6.45) is 4.20. The van der Waals surface area contributed by atoms with Crippen molar-refractivity contribution in [3.05, 3.63) is 0 Å². The van der Waals surface area contributed by atoms with Gasteiger partial charge in [0.15, 0.2) is 0 Å². The molecule has 0 aromatic rings. The van der Waals surface area contributed by atoms with E-state index in [0.717, 1.165) is 52.1 Å². The summed E-state index contributed by atoms with van der Waals surface area (Å²) >= 11 is 0. The molecular weight excluding hydrogens is 248 g/mol. The molecule has 0 N–H and O–H groups in total. The summed E-state index contributed by atoms with van der Waals surface area (Å²) in [5.74, 6) is 0. The molecule has 0 aliphatic carbocycles. The summed E-state index contributed by atoms with van der Waals surface area (Å²) in [6, 6.07) is 0. The van der Waals surface area contributed by atoms with Crippen molar-refractivity contribution in [2.45, 2.75) is 25.7 Å². The van der Waals surface area contributed by atoms with Crippen LogP contribution in [0.4, 0.5) is 0 Å². The molecule has 0 amide bonds. The maximum absolute atomic E-state index is 5.53. The highest BCUT2D eigenvalue weighted by molar-refractivity contribution is 4.41. The molecule has 19 heavy (non-hydrogen) atoms. The minimum Gasteiger partial charge on any atom is -0.382 e. The van der Waals surface area contributed by atoms with Crippen molar-refractivity contribution in [2.75, 3.05) is 67.1 Å². The van der Waals surface area contributed by atoms with Crippen LogP contribution in [-0.4, -0.2) is 67.1 Å². The van der Waals surface area contributed by atoms with Gasteiger partial charge >= 0.3 is 0 Å². The van der Waals surface area contributed by atoms with E-state index >= 15 is 0 Å². The summed E-state index contributed by atoms with van der Waals surface area (Å²) in [4.78, 5) is 0. The van der Waals surface area contributed by atoms with Crippen molar-refractivity contribution in [1.29, 1.82) is 0 Å². The van der Waals surface area contributed by atoms with Gasteiger partial charge in [0, 0.05) is 40.6 Å². The predicted molar refractivity (Wildman–Crippen MR) is 74.7 cm³/mol. The standard InChI is InChI=1S/C14H30O5/c1-15-11-13-18-9-5-3-7-17-8-4-6-10-19-14-12-16-2/h3-14H2,1-2H3. The molecule has 0 aliphatic heterocycles.